The molecule has 0 saturated heterocycles. The topological polar surface area (TPSA) is 76.7 Å². The Labute approximate surface area is 178 Å². The summed E-state index contributed by atoms with van der Waals surface area (Å²) < 4.78 is 11.6. The van der Waals surface area contributed by atoms with E-state index >= 15 is 0 Å². The zero-order valence-corrected chi connectivity index (χ0v) is 18.1. The van der Waals surface area contributed by atoms with Gasteiger partial charge in [0.25, 0.3) is 0 Å². The summed E-state index contributed by atoms with van der Waals surface area (Å²) in [6.45, 7) is 8.32. The van der Waals surface area contributed by atoms with Gasteiger partial charge in [0.05, 0.1) is 19.1 Å². The van der Waals surface area contributed by atoms with Gasteiger partial charge in [0, 0.05) is 31.0 Å². The van der Waals surface area contributed by atoms with Gasteiger partial charge in [-0.05, 0) is 38.5 Å². The van der Waals surface area contributed by atoms with Crippen molar-refractivity contribution in [1.29, 1.82) is 0 Å². The highest BCUT2D eigenvalue weighted by Crippen LogP contribution is 2.35. The summed E-state index contributed by atoms with van der Waals surface area (Å²) in [7, 11) is 0. The number of ether oxygens (including phenoxy) is 2. The molecule has 2 atom stereocenters. The van der Waals surface area contributed by atoms with Crippen molar-refractivity contribution in [2.75, 3.05) is 6.61 Å². The minimum Gasteiger partial charge on any atom is -0.494 e. The van der Waals surface area contributed by atoms with Gasteiger partial charge in [-0.15, -0.1) is 0 Å². The smallest absolute Gasteiger partial charge is 0.222 e. The SMILES string of the molecule is CCOc1cc2c(cc1CNC(=O)C[C@H](NC(C)=O)c1ccc(C)cc1)O[C@H](C)C2. The highest BCUT2D eigenvalue weighted by molar-refractivity contribution is 5.79. The van der Waals surface area contributed by atoms with Gasteiger partial charge in [-0.1, -0.05) is 29.8 Å². The Kier molecular flexibility index (Phi) is 6.98. The fourth-order valence-electron chi connectivity index (χ4n) is 3.66. The van der Waals surface area contributed by atoms with Crippen LogP contribution in [0.4, 0.5) is 0 Å². The predicted molar refractivity (Wildman–Crippen MR) is 116 cm³/mol. The van der Waals surface area contributed by atoms with Gasteiger partial charge >= 0.3 is 0 Å². The van der Waals surface area contributed by atoms with Crippen molar-refractivity contribution in [1.82, 2.24) is 10.6 Å². The van der Waals surface area contributed by atoms with Crippen molar-refractivity contribution < 1.29 is 19.1 Å². The third-order valence-corrected chi connectivity index (χ3v) is 5.10. The van der Waals surface area contributed by atoms with Gasteiger partial charge in [0.1, 0.15) is 17.6 Å². The molecule has 1 aliphatic heterocycles. The number of benzene rings is 2. The number of rotatable bonds is 8. The van der Waals surface area contributed by atoms with Crippen molar-refractivity contribution in [2.24, 2.45) is 0 Å². The molecule has 0 fully saturated rings. The van der Waals surface area contributed by atoms with Crippen LogP contribution in [0.5, 0.6) is 11.5 Å². The Morgan fingerprint density at radius 3 is 2.63 bits per heavy atom. The molecule has 3 rings (SSSR count). The van der Waals surface area contributed by atoms with Gasteiger partial charge in [-0.2, -0.15) is 0 Å². The van der Waals surface area contributed by atoms with Crippen molar-refractivity contribution in [2.45, 2.75) is 59.2 Å². The summed E-state index contributed by atoms with van der Waals surface area (Å²) in [5, 5.41) is 5.83. The molecule has 6 heteroatoms. The number of aryl methyl sites for hydroxylation is 1. The zero-order chi connectivity index (χ0) is 21.7. The molecule has 160 valence electrons. The van der Waals surface area contributed by atoms with E-state index in [4.69, 9.17) is 9.47 Å². The lowest BCUT2D eigenvalue weighted by atomic mass is 10.0. The molecule has 0 bridgehead atoms. The van der Waals surface area contributed by atoms with E-state index in [-0.39, 0.29) is 30.4 Å². The van der Waals surface area contributed by atoms with Crippen LogP contribution in [0.3, 0.4) is 0 Å². The lowest BCUT2D eigenvalue weighted by Gasteiger charge is -2.19. The van der Waals surface area contributed by atoms with Crippen LogP contribution < -0.4 is 20.1 Å². The zero-order valence-electron chi connectivity index (χ0n) is 18.1. The number of carbonyl (C=O) groups is 2. The lowest BCUT2D eigenvalue weighted by molar-refractivity contribution is -0.122. The molecule has 2 aromatic carbocycles. The number of fused-ring (bicyclic) bond motifs is 1. The van der Waals surface area contributed by atoms with Crippen molar-refractivity contribution in [3.05, 3.63) is 58.7 Å². The second kappa shape index (κ2) is 9.65. The minimum absolute atomic E-state index is 0.146. The molecule has 1 aliphatic rings. The minimum atomic E-state index is -0.376. The van der Waals surface area contributed by atoms with Crippen LogP contribution in [0, 0.1) is 6.92 Å². The van der Waals surface area contributed by atoms with Crippen molar-refractivity contribution in [3.8, 4) is 11.5 Å². The molecule has 0 spiro atoms. The Morgan fingerprint density at radius 2 is 1.97 bits per heavy atom. The molecule has 2 N–H and O–H groups in total. The summed E-state index contributed by atoms with van der Waals surface area (Å²) >= 11 is 0. The van der Waals surface area contributed by atoms with Crippen LogP contribution in [-0.4, -0.2) is 24.5 Å². The maximum Gasteiger partial charge on any atom is 0.222 e. The van der Waals surface area contributed by atoms with Crippen LogP contribution in [0.1, 0.15) is 55.5 Å². The number of carbonyl (C=O) groups excluding carboxylic acids is 2. The maximum atomic E-state index is 12.7. The molecule has 30 heavy (non-hydrogen) atoms. The predicted octanol–water partition coefficient (Wildman–Crippen LogP) is 3.60. The molecule has 0 radical (unpaired) electrons. The Bertz CT molecular complexity index is 908. The van der Waals surface area contributed by atoms with E-state index in [0.29, 0.717) is 13.2 Å². The van der Waals surface area contributed by atoms with Crippen LogP contribution in [0.2, 0.25) is 0 Å². The molecule has 0 aliphatic carbocycles. The fourth-order valence-corrected chi connectivity index (χ4v) is 3.66. The average molecular weight is 411 g/mol. The number of nitrogens with one attached hydrogen (secondary N) is 2. The number of hydrogen-bond acceptors (Lipinski definition) is 4. The van der Waals surface area contributed by atoms with Gasteiger partial charge in [0.15, 0.2) is 0 Å². The molecule has 0 saturated carbocycles. The van der Waals surface area contributed by atoms with Gasteiger partial charge in [-0.3, -0.25) is 9.59 Å². The second-order valence-corrected chi connectivity index (χ2v) is 7.78. The first-order valence-corrected chi connectivity index (χ1v) is 10.4. The molecule has 6 nitrogen and oxygen atoms in total. The van der Waals surface area contributed by atoms with E-state index in [1.54, 1.807) is 0 Å². The van der Waals surface area contributed by atoms with Crippen molar-refractivity contribution >= 4 is 11.8 Å². The molecular formula is C24H30N2O4. The average Bonchev–Trinajstić information content (AvgIpc) is 3.05. The van der Waals surface area contributed by atoms with Gasteiger partial charge in [0.2, 0.25) is 11.8 Å². The first-order chi connectivity index (χ1) is 14.4. The summed E-state index contributed by atoms with van der Waals surface area (Å²) in [5.41, 5.74) is 4.04. The van der Waals surface area contributed by atoms with Crippen LogP contribution >= 0.6 is 0 Å². The third kappa shape index (κ3) is 5.53. The number of hydrogen-bond donors (Lipinski definition) is 2. The van der Waals surface area contributed by atoms with E-state index in [1.807, 2.05) is 57.2 Å². The number of amides is 2. The van der Waals surface area contributed by atoms with E-state index in [2.05, 4.69) is 10.6 Å². The highest BCUT2D eigenvalue weighted by Gasteiger charge is 2.22. The maximum absolute atomic E-state index is 12.7. The molecule has 0 aromatic heterocycles. The first-order valence-electron chi connectivity index (χ1n) is 10.4. The summed E-state index contributed by atoms with van der Waals surface area (Å²) in [6, 6.07) is 11.4. The van der Waals surface area contributed by atoms with E-state index in [1.165, 1.54) is 6.92 Å². The van der Waals surface area contributed by atoms with Crippen molar-refractivity contribution in [3.63, 3.8) is 0 Å². The first kappa shape index (κ1) is 21.7. The third-order valence-electron chi connectivity index (χ3n) is 5.10. The van der Waals surface area contributed by atoms with E-state index in [0.717, 1.165) is 40.2 Å². The van der Waals surface area contributed by atoms with E-state index < -0.39 is 0 Å². The summed E-state index contributed by atoms with van der Waals surface area (Å²) in [4.78, 5) is 24.3. The Balaban J connectivity index is 1.68. The molecule has 2 amide bonds. The van der Waals surface area contributed by atoms with Gasteiger partial charge < -0.3 is 20.1 Å². The standard InChI is InChI=1S/C24H30N2O4/c1-5-29-22-11-19-10-16(3)30-23(19)12-20(22)14-25-24(28)13-21(26-17(4)27)18-8-6-15(2)7-9-18/h6-9,11-12,16,21H,5,10,13-14H2,1-4H3,(H,25,28)(H,26,27)/t16-,21+/m1/s1. The van der Waals surface area contributed by atoms with Crippen LogP contribution in [0.25, 0.3) is 0 Å². The molecule has 1 heterocycles. The quantitative estimate of drug-likeness (QED) is 0.697. The van der Waals surface area contributed by atoms with E-state index in [9.17, 15) is 9.59 Å². The van der Waals surface area contributed by atoms with Crippen LogP contribution in [-0.2, 0) is 22.6 Å². The normalized spacial score (nSPS) is 15.7. The summed E-state index contributed by atoms with van der Waals surface area (Å²) in [5.74, 6) is 1.31. The molecule has 0 unspecified atom stereocenters. The Hall–Kier alpha value is -3.02. The lowest BCUT2D eigenvalue weighted by Crippen LogP contribution is -2.32. The fraction of sp³-hybridized carbons (Fsp3) is 0.417. The van der Waals surface area contributed by atoms with Gasteiger partial charge in [-0.25, -0.2) is 0 Å². The Morgan fingerprint density at radius 1 is 1.23 bits per heavy atom. The molecule has 2 aromatic rings. The monoisotopic (exact) mass is 410 g/mol. The molecular weight excluding hydrogens is 380 g/mol. The highest BCUT2D eigenvalue weighted by atomic mass is 16.5. The second-order valence-electron chi connectivity index (χ2n) is 7.78. The summed E-state index contributed by atoms with van der Waals surface area (Å²) in [6.07, 6.45) is 1.16. The van der Waals surface area contributed by atoms with Crippen LogP contribution in [0.15, 0.2) is 36.4 Å². The largest absolute Gasteiger partial charge is 0.494 e.